The maximum Gasteiger partial charge on any atom is 0.416 e. The number of rotatable bonds is 9. The molecule has 12 nitrogen and oxygen atoms in total. The number of nitro benzene ring substituents is 2. The van der Waals surface area contributed by atoms with Crippen LogP contribution in [0, 0.1) is 41.0 Å². The van der Waals surface area contributed by atoms with Gasteiger partial charge in [-0.25, -0.2) is 4.79 Å². The number of benzene rings is 6. The van der Waals surface area contributed by atoms with Crippen LogP contribution in [0.15, 0.2) is 127 Å². The van der Waals surface area contributed by atoms with Gasteiger partial charge < -0.3 is 16.6 Å². The molecule has 0 amide bonds. The number of halogens is 9. The zero-order valence-electron chi connectivity index (χ0n) is 35.8. The van der Waals surface area contributed by atoms with Crippen LogP contribution in [0.25, 0.3) is 0 Å². The molecule has 0 aliphatic carbocycles. The molecule has 0 saturated carbocycles. The van der Waals surface area contributed by atoms with Crippen molar-refractivity contribution in [3.05, 3.63) is 209 Å². The molecule has 0 spiro atoms. The average Bonchev–Trinajstić information content (AvgIpc) is 3.26. The summed E-state index contributed by atoms with van der Waals surface area (Å²) in [6.07, 6.45) is -13.7. The summed E-state index contributed by atoms with van der Waals surface area (Å²) in [6.45, 7) is 5.09. The first-order valence-electron chi connectivity index (χ1n) is 19.4. The molecule has 0 heterocycles. The second kappa shape index (κ2) is 22.9. The molecule has 0 radical (unpaired) electrons. The van der Waals surface area contributed by atoms with E-state index in [1.54, 1.807) is 50.2 Å². The van der Waals surface area contributed by atoms with Gasteiger partial charge in [0.25, 0.3) is 11.4 Å². The van der Waals surface area contributed by atoms with E-state index in [0.717, 1.165) is 54.1 Å². The number of nitrogen functional groups attached to an aromatic ring is 2. The van der Waals surface area contributed by atoms with Crippen LogP contribution < -0.4 is 11.5 Å². The van der Waals surface area contributed by atoms with E-state index in [2.05, 4.69) is 0 Å². The Labute approximate surface area is 381 Å². The van der Waals surface area contributed by atoms with Crippen LogP contribution in [-0.2, 0) is 31.4 Å². The number of anilines is 2. The van der Waals surface area contributed by atoms with Gasteiger partial charge in [-0.05, 0) is 92.1 Å². The molecule has 0 bridgehead atoms. The van der Waals surface area contributed by atoms with Crippen LogP contribution in [0.3, 0.4) is 0 Å². The topological polar surface area (TPSA) is 210 Å². The lowest BCUT2D eigenvalue weighted by atomic mass is 10.00. The monoisotopic (exact) mass is 958 g/mol. The number of alkyl halides is 9. The number of aryl methyl sites for hydroxylation is 3. The third-order valence-corrected chi connectivity index (χ3v) is 9.43. The van der Waals surface area contributed by atoms with Crippen LogP contribution in [0.1, 0.15) is 75.6 Å². The zero-order valence-corrected chi connectivity index (χ0v) is 35.8. The van der Waals surface area contributed by atoms with E-state index in [0.29, 0.717) is 39.7 Å². The molecule has 6 rings (SSSR count). The van der Waals surface area contributed by atoms with Gasteiger partial charge in [-0.15, -0.1) is 0 Å². The molecular formula is C47H39F9N4O8. The Hall–Kier alpha value is -8.10. The number of ketones is 2. The number of Topliss-reactive ketones (excluding diaryl/α,β-unsaturated/α-hetero) is 2. The van der Waals surface area contributed by atoms with Crippen molar-refractivity contribution in [3.8, 4) is 0 Å². The van der Waals surface area contributed by atoms with Gasteiger partial charge in [-0.1, -0.05) is 60.7 Å². The van der Waals surface area contributed by atoms with Crippen LogP contribution in [0.4, 0.5) is 62.3 Å². The summed E-state index contributed by atoms with van der Waals surface area (Å²) in [5, 5.41) is 29.6. The number of nitrogens with zero attached hydrogens (tertiary/aromatic N) is 2. The number of nitrogens with two attached hydrogens (primary N) is 2. The van der Waals surface area contributed by atoms with Crippen molar-refractivity contribution in [2.24, 2.45) is 0 Å². The third kappa shape index (κ3) is 16.4. The molecule has 358 valence electrons. The van der Waals surface area contributed by atoms with Gasteiger partial charge in [0.2, 0.25) is 0 Å². The Morgan fingerprint density at radius 2 is 0.853 bits per heavy atom. The fourth-order valence-electron chi connectivity index (χ4n) is 5.73. The highest BCUT2D eigenvalue weighted by molar-refractivity contribution is 5.98. The van der Waals surface area contributed by atoms with Crippen molar-refractivity contribution in [1.29, 1.82) is 0 Å². The first-order chi connectivity index (χ1) is 31.5. The average molecular weight is 959 g/mol. The summed E-state index contributed by atoms with van der Waals surface area (Å²) < 4.78 is 112. The summed E-state index contributed by atoms with van der Waals surface area (Å²) in [5.41, 5.74) is 12.0. The van der Waals surface area contributed by atoms with Crippen molar-refractivity contribution in [2.75, 3.05) is 11.5 Å². The van der Waals surface area contributed by atoms with E-state index in [1.807, 2.05) is 6.92 Å². The first-order valence-corrected chi connectivity index (χ1v) is 19.4. The Bertz CT molecular complexity index is 2810. The Morgan fingerprint density at radius 3 is 1.22 bits per heavy atom. The molecule has 0 aliphatic heterocycles. The van der Waals surface area contributed by atoms with Crippen molar-refractivity contribution in [2.45, 2.75) is 52.1 Å². The normalized spacial score (nSPS) is 11.1. The largest absolute Gasteiger partial charge is 0.478 e. The number of carbonyl (C=O) groups is 3. The van der Waals surface area contributed by atoms with Gasteiger partial charge in [0.1, 0.15) is 0 Å². The van der Waals surface area contributed by atoms with E-state index in [-0.39, 0.29) is 46.7 Å². The van der Waals surface area contributed by atoms with E-state index < -0.39 is 56.8 Å². The predicted molar refractivity (Wildman–Crippen MR) is 233 cm³/mol. The molecule has 0 aromatic heterocycles. The molecule has 0 saturated heterocycles. The fourth-order valence-corrected chi connectivity index (χ4v) is 5.73. The summed E-state index contributed by atoms with van der Waals surface area (Å²) in [7, 11) is 0. The van der Waals surface area contributed by atoms with Gasteiger partial charge >= 0.3 is 24.5 Å². The Kier molecular flexibility index (Phi) is 18.2. The van der Waals surface area contributed by atoms with E-state index in [9.17, 15) is 74.1 Å². The smallest absolute Gasteiger partial charge is 0.416 e. The zero-order chi connectivity index (χ0) is 51.3. The highest BCUT2D eigenvalue weighted by atomic mass is 19.4. The van der Waals surface area contributed by atoms with Crippen molar-refractivity contribution >= 4 is 40.3 Å². The lowest BCUT2D eigenvalue weighted by Gasteiger charge is -2.09. The van der Waals surface area contributed by atoms with E-state index in [4.69, 9.17) is 16.6 Å². The minimum atomic E-state index is -4.53. The number of carbonyl (C=O) groups excluding carboxylic acids is 2. The highest BCUT2D eigenvalue weighted by Crippen LogP contribution is 2.32. The van der Waals surface area contributed by atoms with Crippen LogP contribution >= 0.6 is 0 Å². The maximum absolute atomic E-state index is 12.7. The summed E-state index contributed by atoms with van der Waals surface area (Å²) in [5.74, 6) is -2.27. The Morgan fingerprint density at radius 1 is 0.500 bits per heavy atom. The van der Waals surface area contributed by atoms with Crippen molar-refractivity contribution < 1.29 is 68.9 Å². The number of aromatic carboxylic acids is 1. The van der Waals surface area contributed by atoms with Crippen molar-refractivity contribution in [3.63, 3.8) is 0 Å². The molecule has 68 heavy (non-hydrogen) atoms. The van der Waals surface area contributed by atoms with Gasteiger partial charge in [-0.3, -0.25) is 29.8 Å². The van der Waals surface area contributed by atoms with Crippen LogP contribution in [-0.4, -0.2) is 32.5 Å². The second-order valence-electron chi connectivity index (χ2n) is 14.6. The molecule has 0 fully saturated rings. The summed E-state index contributed by atoms with van der Waals surface area (Å²) in [4.78, 5) is 54.7. The van der Waals surface area contributed by atoms with Gasteiger partial charge in [0.15, 0.2) is 11.6 Å². The molecule has 0 aliphatic rings. The lowest BCUT2D eigenvalue weighted by molar-refractivity contribution is -0.385. The standard InChI is InChI=1S/C16H12F3NO3.C16H14F3NO.C8H5F3O2.C7H8N2O2/c1-10-5-6-11(7-14(10)20(22)23)8-15(21)12-3-2-4-13(9-12)16(17,18)19;1-10-5-6-11(7-14(10)20)8-15(21)12-3-2-4-13(9-12)16(17,18)19;9-8(10,11)6-3-1-2-5(4-6)7(12)13;1-5-2-3-6(8)4-7(5)9(10)11/h2-7,9H,8H2,1H3;2-7,9H,8,20H2,1H3;1-4H,(H,12,13);2-4H,8H2,1H3. The van der Waals surface area contributed by atoms with Crippen LogP contribution in [0.5, 0.6) is 0 Å². The molecule has 6 aromatic carbocycles. The molecular weight excluding hydrogens is 920 g/mol. The van der Waals surface area contributed by atoms with Gasteiger partial charge in [0.05, 0.1) is 32.1 Å². The van der Waals surface area contributed by atoms with Crippen molar-refractivity contribution in [1.82, 2.24) is 0 Å². The number of carboxylic acid groups (broad SMARTS) is 1. The maximum atomic E-state index is 12.7. The SMILES string of the molecule is Cc1ccc(CC(=O)c2cccc(C(F)(F)F)c2)cc1N.Cc1ccc(CC(=O)c2cccc(C(F)(F)F)c2)cc1[N+](=O)[O-].Cc1ccc(N)cc1[N+](=O)[O-].O=C(O)c1cccc(C(F)(F)F)c1. The summed E-state index contributed by atoms with van der Waals surface area (Å²) in [6, 6.07) is 26.3. The quantitative estimate of drug-likeness (QED) is 0.0410. The number of hydrogen-bond donors (Lipinski definition) is 3. The highest BCUT2D eigenvalue weighted by Gasteiger charge is 2.32. The van der Waals surface area contributed by atoms with E-state index >= 15 is 0 Å². The van der Waals surface area contributed by atoms with E-state index in [1.165, 1.54) is 36.4 Å². The lowest BCUT2D eigenvalue weighted by Crippen LogP contribution is -2.09. The molecule has 0 atom stereocenters. The fraction of sp³-hybridized carbons (Fsp3) is 0.170. The minimum absolute atomic E-state index is 0.0196. The van der Waals surface area contributed by atoms with Crippen LogP contribution in [0.2, 0.25) is 0 Å². The third-order valence-electron chi connectivity index (χ3n) is 9.43. The number of carboxylic acids is 1. The Balaban J connectivity index is 0.000000250. The summed E-state index contributed by atoms with van der Waals surface area (Å²) >= 11 is 0. The molecule has 0 unspecified atom stereocenters. The molecule has 6 aromatic rings. The predicted octanol–water partition coefficient (Wildman–Crippen LogP) is 12.3. The first kappa shape index (κ1) is 54.2. The number of nitro groups is 2. The molecule has 21 heteroatoms. The second-order valence-corrected chi connectivity index (χ2v) is 14.6. The number of hydrogen-bond acceptors (Lipinski definition) is 9. The molecule has 5 N–H and O–H groups in total. The minimum Gasteiger partial charge on any atom is -0.478 e. The van der Waals surface area contributed by atoms with Gasteiger partial charge in [0, 0.05) is 58.6 Å². The van der Waals surface area contributed by atoms with Gasteiger partial charge in [-0.2, -0.15) is 39.5 Å².